The van der Waals surface area contributed by atoms with Gasteiger partial charge >= 0.3 is 0 Å². The fraction of sp³-hybridized carbons (Fsp3) is 0.133. The van der Waals surface area contributed by atoms with Gasteiger partial charge in [-0.05, 0) is 52.9 Å². The van der Waals surface area contributed by atoms with Gasteiger partial charge in [0.25, 0.3) is 5.91 Å². The summed E-state index contributed by atoms with van der Waals surface area (Å²) >= 11 is 2.01. The van der Waals surface area contributed by atoms with Crippen LogP contribution in [0.5, 0.6) is 0 Å². The molecule has 25 heavy (non-hydrogen) atoms. The molecular weight excluding hydrogens is 444 g/mol. The SMILES string of the molecule is O=C(NOCCO)c1ccc2ncnn2c1Nc1ccc(I)cc1F. The summed E-state index contributed by atoms with van der Waals surface area (Å²) in [5, 5.41) is 15.7. The molecule has 0 aliphatic rings. The van der Waals surface area contributed by atoms with Gasteiger partial charge in [0.1, 0.15) is 18.0 Å². The number of hydrogen-bond acceptors (Lipinski definition) is 6. The fourth-order valence-corrected chi connectivity index (χ4v) is 2.58. The van der Waals surface area contributed by atoms with E-state index < -0.39 is 11.7 Å². The number of aromatic nitrogens is 3. The number of carbonyl (C=O) groups excluding carboxylic acids is 1. The Morgan fingerprint density at radius 3 is 2.96 bits per heavy atom. The molecule has 8 nitrogen and oxygen atoms in total. The minimum Gasteiger partial charge on any atom is -0.394 e. The highest BCUT2D eigenvalue weighted by molar-refractivity contribution is 14.1. The number of anilines is 2. The summed E-state index contributed by atoms with van der Waals surface area (Å²) in [5.74, 6) is -0.800. The number of nitrogens with zero attached hydrogens (tertiary/aromatic N) is 3. The number of benzene rings is 1. The second-order valence-electron chi connectivity index (χ2n) is 4.88. The summed E-state index contributed by atoms with van der Waals surface area (Å²) in [7, 11) is 0. The zero-order chi connectivity index (χ0) is 17.8. The van der Waals surface area contributed by atoms with Gasteiger partial charge in [0, 0.05) is 3.57 Å². The zero-order valence-corrected chi connectivity index (χ0v) is 14.9. The van der Waals surface area contributed by atoms with Gasteiger partial charge in [0.05, 0.1) is 24.5 Å². The van der Waals surface area contributed by atoms with Crippen LogP contribution in [-0.4, -0.2) is 38.8 Å². The molecule has 2 heterocycles. The van der Waals surface area contributed by atoms with Crippen molar-refractivity contribution in [3.63, 3.8) is 0 Å². The third-order valence-corrected chi connectivity index (χ3v) is 3.90. The third-order valence-electron chi connectivity index (χ3n) is 3.23. The van der Waals surface area contributed by atoms with Gasteiger partial charge in [0.15, 0.2) is 5.65 Å². The molecule has 0 radical (unpaired) electrons. The fourth-order valence-electron chi connectivity index (χ4n) is 2.13. The van der Waals surface area contributed by atoms with Gasteiger partial charge in [-0.25, -0.2) is 14.9 Å². The predicted molar refractivity (Wildman–Crippen MR) is 95.9 cm³/mol. The van der Waals surface area contributed by atoms with Gasteiger partial charge in [-0.3, -0.25) is 9.63 Å². The third kappa shape index (κ3) is 3.86. The Balaban J connectivity index is 2.00. The first-order valence-corrected chi connectivity index (χ1v) is 8.26. The van der Waals surface area contributed by atoms with Crippen LogP contribution in [0, 0.1) is 9.39 Å². The first-order valence-electron chi connectivity index (χ1n) is 7.18. The van der Waals surface area contributed by atoms with Gasteiger partial charge in [-0.1, -0.05) is 0 Å². The number of aliphatic hydroxyl groups excluding tert-OH is 1. The minimum absolute atomic E-state index is 0.0498. The molecule has 3 N–H and O–H groups in total. The molecule has 10 heteroatoms. The van der Waals surface area contributed by atoms with Gasteiger partial charge in [-0.2, -0.15) is 9.61 Å². The molecule has 130 valence electrons. The number of hydroxylamine groups is 1. The topological polar surface area (TPSA) is 101 Å². The Morgan fingerprint density at radius 1 is 1.36 bits per heavy atom. The highest BCUT2D eigenvalue weighted by atomic mass is 127. The van der Waals surface area contributed by atoms with Crippen LogP contribution < -0.4 is 10.8 Å². The highest BCUT2D eigenvalue weighted by Crippen LogP contribution is 2.25. The van der Waals surface area contributed by atoms with Crippen LogP contribution in [-0.2, 0) is 4.84 Å². The van der Waals surface area contributed by atoms with E-state index in [-0.39, 0.29) is 30.3 Å². The van der Waals surface area contributed by atoms with Crippen LogP contribution >= 0.6 is 22.6 Å². The van der Waals surface area contributed by atoms with Crippen molar-refractivity contribution in [3.05, 3.63) is 51.6 Å². The quantitative estimate of drug-likeness (QED) is 0.297. The lowest BCUT2D eigenvalue weighted by molar-refractivity contribution is 0.0168. The molecule has 0 atom stereocenters. The standard InChI is InChI=1S/C15H13FIN5O3/c16-11-7-9(17)1-3-12(11)20-14-10(15(24)21-25-6-5-23)2-4-13-18-8-19-22(13)14/h1-4,7-8,20,23H,5-6H2,(H,21,24). The molecule has 3 rings (SSSR count). The summed E-state index contributed by atoms with van der Waals surface area (Å²) in [6.07, 6.45) is 1.33. The number of fused-ring (bicyclic) bond motifs is 1. The summed E-state index contributed by atoms with van der Waals surface area (Å²) in [6.45, 7) is -0.285. The van der Waals surface area contributed by atoms with Crippen molar-refractivity contribution in [2.45, 2.75) is 0 Å². The number of amides is 1. The van der Waals surface area contributed by atoms with E-state index in [2.05, 4.69) is 20.9 Å². The Morgan fingerprint density at radius 2 is 2.20 bits per heavy atom. The van der Waals surface area contributed by atoms with E-state index in [0.717, 1.165) is 3.57 Å². The molecule has 0 bridgehead atoms. The van der Waals surface area contributed by atoms with E-state index in [0.29, 0.717) is 5.65 Å². The van der Waals surface area contributed by atoms with Crippen LogP contribution in [0.2, 0.25) is 0 Å². The first kappa shape index (κ1) is 17.5. The van der Waals surface area contributed by atoms with Crippen LogP contribution in [0.1, 0.15) is 10.4 Å². The van der Waals surface area contributed by atoms with Gasteiger partial charge in [-0.15, -0.1) is 0 Å². The molecule has 1 aromatic carbocycles. The maximum absolute atomic E-state index is 14.2. The normalized spacial score (nSPS) is 10.8. The van der Waals surface area contributed by atoms with Gasteiger partial charge < -0.3 is 10.4 Å². The average molecular weight is 457 g/mol. The number of nitrogens with one attached hydrogen (secondary N) is 2. The van der Waals surface area contributed by atoms with E-state index in [9.17, 15) is 9.18 Å². The molecule has 0 aliphatic heterocycles. The largest absolute Gasteiger partial charge is 0.394 e. The van der Waals surface area contributed by atoms with Crippen LogP contribution in [0.4, 0.5) is 15.9 Å². The maximum Gasteiger partial charge on any atom is 0.278 e. The molecule has 0 spiro atoms. The van der Waals surface area contributed by atoms with Crippen molar-refractivity contribution in [2.75, 3.05) is 18.5 Å². The van der Waals surface area contributed by atoms with Crippen molar-refractivity contribution in [1.29, 1.82) is 0 Å². The number of rotatable bonds is 6. The van der Waals surface area contributed by atoms with Crippen LogP contribution in [0.25, 0.3) is 5.65 Å². The van der Waals surface area contributed by atoms with Crippen molar-refractivity contribution < 1.29 is 19.1 Å². The van der Waals surface area contributed by atoms with Crippen molar-refractivity contribution >= 4 is 45.7 Å². The lowest BCUT2D eigenvalue weighted by atomic mass is 10.2. The molecule has 1 amide bonds. The van der Waals surface area contributed by atoms with Crippen molar-refractivity contribution in [3.8, 4) is 0 Å². The zero-order valence-electron chi connectivity index (χ0n) is 12.7. The predicted octanol–water partition coefficient (Wildman–Crippen LogP) is 1.87. The van der Waals surface area contributed by atoms with E-state index in [4.69, 9.17) is 9.94 Å². The number of aliphatic hydroxyl groups is 1. The smallest absolute Gasteiger partial charge is 0.278 e. The Labute approximate surface area is 155 Å². The van der Waals surface area contributed by atoms with Crippen molar-refractivity contribution in [1.82, 2.24) is 20.1 Å². The molecular formula is C15H13FIN5O3. The van der Waals surface area contributed by atoms with E-state index >= 15 is 0 Å². The summed E-state index contributed by atoms with van der Waals surface area (Å²) in [4.78, 5) is 21.2. The van der Waals surface area contributed by atoms with E-state index in [1.165, 1.54) is 23.0 Å². The molecule has 0 saturated carbocycles. The van der Waals surface area contributed by atoms with Crippen LogP contribution in [0.3, 0.4) is 0 Å². The number of pyridine rings is 1. The van der Waals surface area contributed by atoms with Crippen LogP contribution in [0.15, 0.2) is 36.7 Å². The molecule has 2 aromatic heterocycles. The lowest BCUT2D eigenvalue weighted by Gasteiger charge is -2.14. The second-order valence-corrected chi connectivity index (χ2v) is 6.12. The van der Waals surface area contributed by atoms with Crippen molar-refractivity contribution in [2.24, 2.45) is 0 Å². The molecule has 0 fully saturated rings. The van der Waals surface area contributed by atoms with Gasteiger partial charge in [0.2, 0.25) is 0 Å². The number of halogens is 2. The second kappa shape index (κ2) is 7.72. The summed E-state index contributed by atoms with van der Waals surface area (Å²) in [6, 6.07) is 7.79. The number of hydrogen-bond donors (Lipinski definition) is 3. The Kier molecular flexibility index (Phi) is 5.40. The maximum atomic E-state index is 14.2. The Bertz CT molecular complexity index is 917. The number of carbonyl (C=O) groups is 1. The molecule has 0 unspecified atom stereocenters. The van der Waals surface area contributed by atoms with E-state index in [1.807, 2.05) is 22.6 Å². The highest BCUT2D eigenvalue weighted by Gasteiger charge is 2.17. The Hall–Kier alpha value is -2.31. The molecule has 0 aliphatic carbocycles. The lowest BCUT2D eigenvalue weighted by Crippen LogP contribution is -2.26. The monoisotopic (exact) mass is 457 g/mol. The minimum atomic E-state index is -0.570. The summed E-state index contributed by atoms with van der Waals surface area (Å²) in [5.41, 5.74) is 3.06. The molecule has 3 aromatic rings. The average Bonchev–Trinajstić information content (AvgIpc) is 3.06. The first-order chi connectivity index (χ1) is 12.1. The van der Waals surface area contributed by atoms with E-state index in [1.54, 1.807) is 18.2 Å². The molecule has 0 saturated heterocycles. The summed E-state index contributed by atoms with van der Waals surface area (Å²) < 4.78 is 16.3.